The summed E-state index contributed by atoms with van der Waals surface area (Å²) >= 11 is 6.67. The minimum Gasteiger partial charge on any atom is -0.490 e. The highest BCUT2D eigenvalue weighted by atomic mass is 32.2. The number of rotatable bonds is 8. The minimum atomic E-state index is -0.434. The Balaban J connectivity index is 1.56. The largest absolute Gasteiger partial charge is 0.490 e. The highest BCUT2D eigenvalue weighted by molar-refractivity contribution is 8.27. The van der Waals surface area contributed by atoms with Crippen LogP contribution in [-0.2, 0) is 11.4 Å². The zero-order valence-electron chi connectivity index (χ0n) is 18.2. The molecule has 1 aliphatic rings. The van der Waals surface area contributed by atoms with Crippen LogP contribution in [0.25, 0.3) is 6.08 Å². The van der Waals surface area contributed by atoms with Gasteiger partial charge >= 0.3 is 0 Å². The molecular weight excluding hydrogens is 472 g/mol. The van der Waals surface area contributed by atoms with Crippen LogP contribution < -0.4 is 14.4 Å². The van der Waals surface area contributed by atoms with E-state index in [9.17, 15) is 14.9 Å². The monoisotopic (exact) mass is 492 g/mol. The molecule has 172 valence electrons. The number of nitro benzene ring substituents is 1. The second kappa shape index (κ2) is 10.5. The first kappa shape index (κ1) is 23.5. The number of thiocarbonyl (C=S) groups is 1. The number of hydrogen-bond donors (Lipinski definition) is 0. The second-order valence-electron chi connectivity index (χ2n) is 7.17. The summed E-state index contributed by atoms with van der Waals surface area (Å²) < 4.78 is 12.1. The summed E-state index contributed by atoms with van der Waals surface area (Å²) in [5.74, 6) is 0.748. The van der Waals surface area contributed by atoms with Crippen molar-refractivity contribution in [1.82, 2.24) is 0 Å². The molecule has 7 nitrogen and oxygen atoms in total. The van der Waals surface area contributed by atoms with E-state index in [1.54, 1.807) is 42.5 Å². The molecule has 1 heterocycles. The third-order valence-electron chi connectivity index (χ3n) is 4.94. The maximum absolute atomic E-state index is 13.0. The summed E-state index contributed by atoms with van der Waals surface area (Å²) in [5, 5.41) is 11.3. The maximum Gasteiger partial charge on any atom is 0.276 e. The summed E-state index contributed by atoms with van der Waals surface area (Å²) in [6.45, 7) is 2.28. The highest BCUT2D eigenvalue weighted by Crippen LogP contribution is 2.37. The number of hydrogen-bond acceptors (Lipinski definition) is 7. The molecule has 34 heavy (non-hydrogen) atoms. The average molecular weight is 493 g/mol. The van der Waals surface area contributed by atoms with Gasteiger partial charge in [-0.2, -0.15) is 0 Å². The van der Waals surface area contributed by atoms with Crippen molar-refractivity contribution in [2.45, 2.75) is 13.5 Å². The number of thioether (sulfide) groups is 1. The number of benzene rings is 3. The Kier molecular flexibility index (Phi) is 7.24. The molecule has 1 fully saturated rings. The van der Waals surface area contributed by atoms with Crippen molar-refractivity contribution in [3.63, 3.8) is 0 Å². The average Bonchev–Trinajstić information content (AvgIpc) is 3.12. The van der Waals surface area contributed by atoms with Crippen molar-refractivity contribution in [2.24, 2.45) is 0 Å². The number of amides is 1. The van der Waals surface area contributed by atoms with E-state index < -0.39 is 4.92 Å². The van der Waals surface area contributed by atoms with E-state index in [-0.39, 0.29) is 18.2 Å². The predicted octanol–water partition coefficient (Wildman–Crippen LogP) is 5.98. The lowest BCUT2D eigenvalue weighted by molar-refractivity contribution is -0.385. The van der Waals surface area contributed by atoms with E-state index in [4.69, 9.17) is 21.7 Å². The van der Waals surface area contributed by atoms with Crippen LogP contribution in [-0.4, -0.2) is 21.8 Å². The van der Waals surface area contributed by atoms with Gasteiger partial charge in [-0.05, 0) is 48.9 Å². The number of anilines is 1. The smallest absolute Gasteiger partial charge is 0.276 e. The Morgan fingerprint density at radius 2 is 1.76 bits per heavy atom. The summed E-state index contributed by atoms with van der Waals surface area (Å²) in [6.07, 6.45) is 1.76. The lowest BCUT2D eigenvalue weighted by Gasteiger charge is -2.14. The number of para-hydroxylation sites is 2. The Morgan fingerprint density at radius 1 is 1.03 bits per heavy atom. The van der Waals surface area contributed by atoms with E-state index in [0.29, 0.717) is 32.9 Å². The van der Waals surface area contributed by atoms with Crippen LogP contribution in [0.1, 0.15) is 18.1 Å². The molecule has 0 aliphatic carbocycles. The number of carbonyl (C=O) groups excluding carboxylic acids is 1. The molecule has 0 aromatic heterocycles. The van der Waals surface area contributed by atoms with Crippen LogP contribution >= 0.6 is 24.0 Å². The molecule has 0 bridgehead atoms. The summed E-state index contributed by atoms with van der Waals surface area (Å²) in [6, 6.07) is 21.0. The molecule has 0 spiro atoms. The standard InChI is InChI=1S/C25H20N2O5S2/c1-2-31-22-14-17(12-13-21(22)32-16-18-8-6-7-11-20(18)27(29)30)15-23-24(28)26(25(33)34-23)19-9-4-3-5-10-19/h3-15H,2,16H2,1H3/b23-15-. The summed E-state index contributed by atoms with van der Waals surface area (Å²) in [5.41, 5.74) is 1.93. The van der Waals surface area contributed by atoms with Crippen molar-refractivity contribution in [3.8, 4) is 11.5 Å². The van der Waals surface area contributed by atoms with Gasteiger partial charge < -0.3 is 9.47 Å². The molecule has 3 aromatic carbocycles. The van der Waals surface area contributed by atoms with Gasteiger partial charge in [0.1, 0.15) is 6.61 Å². The molecule has 4 rings (SSSR count). The number of nitro groups is 1. The van der Waals surface area contributed by atoms with Crippen molar-refractivity contribution in [2.75, 3.05) is 11.5 Å². The van der Waals surface area contributed by atoms with Crippen LogP contribution in [0.2, 0.25) is 0 Å². The van der Waals surface area contributed by atoms with Gasteiger partial charge in [0.25, 0.3) is 11.6 Å². The first-order chi connectivity index (χ1) is 16.5. The minimum absolute atomic E-state index is 0.00229. The van der Waals surface area contributed by atoms with E-state index in [1.807, 2.05) is 37.3 Å². The van der Waals surface area contributed by atoms with Crippen LogP contribution in [0.4, 0.5) is 11.4 Å². The second-order valence-corrected chi connectivity index (χ2v) is 8.84. The Bertz CT molecular complexity index is 1280. The molecule has 0 radical (unpaired) electrons. The van der Waals surface area contributed by atoms with Gasteiger partial charge in [-0.25, -0.2) is 0 Å². The summed E-state index contributed by atoms with van der Waals surface area (Å²) in [4.78, 5) is 25.8. The van der Waals surface area contributed by atoms with E-state index in [0.717, 1.165) is 11.3 Å². The highest BCUT2D eigenvalue weighted by Gasteiger charge is 2.33. The van der Waals surface area contributed by atoms with Crippen LogP contribution in [0, 0.1) is 10.1 Å². The zero-order chi connectivity index (χ0) is 24.1. The van der Waals surface area contributed by atoms with Gasteiger partial charge in [0.2, 0.25) is 0 Å². The fourth-order valence-electron chi connectivity index (χ4n) is 3.39. The maximum atomic E-state index is 13.0. The van der Waals surface area contributed by atoms with Crippen LogP contribution in [0.5, 0.6) is 11.5 Å². The topological polar surface area (TPSA) is 81.9 Å². The van der Waals surface area contributed by atoms with Crippen molar-refractivity contribution in [3.05, 3.63) is 98.9 Å². The molecule has 0 atom stereocenters. The van der Waals surface area contributed by atoms with Crippen molar-refractivity contribution < 1.29 is 19.2 Å². The molecule has 3 aromatic rings. The van der Waals surface area contributed by atoms with Gasteiger partial charge in [0.15, 0.2) is 15.8 Å². The molecule has 1 saturated heterocycles. The molecule has 9 heteroatoms. The third-order valence-corrected chi connectivity index (χ3v) is 6.25. The third kappa shape index (κ3) is 5.11. The number of carbonyl (C=O) groups is 1. The van der Waals surface area contributed by atoms with Crippen LogP contribution in [0.3, 0.4) is 0 Å². The van der Waals surface area contributed by atoms with E-state index in [2.05, 4.69) is 0 Å². The van der Waals surface area contributed by atoms with Crippen molar-refractivity contribution >= 4 is 51.7 Å². The Hall–Kier alpha value is -3.69. The van der Waals surface area contributed by atoms with Gasteiger partial charge in [0.05, 0.1) is 27.7 Å². The van der Waals surface area contributed by atoms with Gasteiger partial charge in [-0.3, -0.25) is 19.8 Å². The van der Waals surface area contributed by atoms with E-state index >= 15 is 0 Å². The number of nitrogens with zero attached hydrogens (tertiary/aromatic N) is 2. The lowest BCUT2D eigenvalue weighted by atomic mass is 10.1. The van der Waals surface area contributed by atoms with Gasteiger partial charge in [-0.15, -0.1) is 0 Å². The predicted molar refractivity (Wildman–Crippen MR) is 137 cm³/mol. The fourth-order valence-corrected chi connectivity index (χ4v) is 4.69. The van der Waals surface area contributed by atoms with Crippen molar-refractivity contribution in [1.29, 1.82) is 0 Å². The van der Waals surface area contributed by atoms with E-state index in [1.165, 1.54) is 22.7 Å². The zero-order valence-corrected chi connectivity index (χ0v) is 19.8. The Labute approximate surface area is 206 Å². The van der Waals surface area contributed by atoms with Gasteiger partial charge in [-0.1, -0.05) is 60.4 Å². The molecule has 0 saturated carbocycles. The molecular formula is C25H20N2O5S2. The normalized spacial score (nSPS) is 14.5. The SMILES string of the molecule is CCOc1cc(/C=C2\SC(=S)N(c3ccccc3)C2=O)ccc1OCc1ccccc1[N+](=O)[O-]. The van der Waals surface area contributed by atoms with Crippen LogP contribution in [0.15, 0.2) is 77.7 Å². The first-order valence-electron chi connectivity index (χ1n) is 10.4. The Morgan fingerprint density at radius 3 is 2.50 bits per heavy atom. The lowest BCUT2D eigenvalue weighted by Crippen LogP contribution is -2.27. The number of ether oxygens (including phenoxy) is 2. The fraction of sp³-hybridized carbons (Fsp3) is 0.120. The summed E-state index contributed by atoms with van der Waals surface area (Å²) in [7, 11) is 0. The quantitative estimate of drug-likeness (QED) is 0.166. The van der Waals surface area contributed by atoms with Gasteiger partial charge in [0, 0.05) is 6.07 Å². The molecule has 1 amide bonds. The molecule has 0 N–H and O–H groups in total. The molecule has 1 aliphatic heterocycles. The first-order valence-corrected chi connectivity index (χ1v) is 11.7. The molecule has 0 unspecified atom stereocenters.